The second-order valence-corrected chi connectivity index (χ2v) is 3.97. The SMILES string of the molecule is CC#CCCNCC(O)COCC(C)C. The van der Waals surface area contributed by atoms with Gasteiger partial charge in [-0.15, -0.1) is 11.8 Å². The zero-order valence-electron chi connectivity index (χ0n) is 10.0. The molecule has 88 valence electrons. The van der Waals surface area contributed by atoms with Crippen molar-refractivity contribution >= 4 is 0 Å². The van der Waals surface area contributed by atoms with E-state index in [1.54, 1.807) is 0 Å². The van der Waals surface area contributed by atoms with E-state index in [0.29, 0.717) is 25.7 Å². The topological polar surface area (TPSA) is 41.5 Å². The molecule has 0 saturated heterocycles. The van der Waals surface area contributed by atoms with Crippen LogP contribution in [0.15, 0.2) is 0 Å². The molecule has 2 N–H and O–H groups in total. The summed E-state index contributed by atoms with van der Waals surface area (Å²) in [4.78, 5) is 0. The van der Waals surface area contributed by atoms with Gasteiger partial charge in [-0.2, -0.15) is 0 Å². The van der Waals surface area contributed by atoms with Crippen LogP contribution in [0.4, 0.5) is 0 Å². The Morgan fingerprint density at radius 3 is 2.67 bits per heavy atom. The standard InChI is InChI=1S/C12H23NO2/c1-4-5-6-7-13-8-12(14)10-15-9-11(2)3/h11-14H,6-10H2,1-3H3. The molecule has 0 saturated carbocycles. The summed E-state index contributed by atoms with van der Waals surface area (Å²) < 4.78 is 5.32. The Hall–Kier alpha value is -0.560. The first kappa shape index (κ1) is 14.4. The van der Waals surface area contributed by atoms with Crippen molar-refractivity contribution in [1.82, 2.24) is 5.32 Å². The lowest BCUT2D eigenvalue weighted by molar-refractivity contribution is 0.0263. The molecule has 0 heterocycles. The van der Waals surface area contributed by atoms with Gasteiger partial charge in [-0.05, 0) is 12.8 Å². The lowest BCUT2D eigenvalue weighted by atomic mass is 10.2. The highest BCUT2D eigenvalue weighted by atomic mass is 16.5. The molecule has 1 atom stereocenters. The van der Waals surface area contributed by atoms with Crippen LogP contribution in [0.3, 0.4) is 0 Å². The molecule has 0 aromatic heterocycles. The Kier molecular flexibility index (Phi) is 9.60. The highest BCUT2D eigenvalue weighted by Gasteiger charge is 2.03. The number of aliphatic hydroxyl groups is 1. The molecule has 3 nitrogen and oxygen atoms in total. The number of ether oxygens (including phenoxy) is 1. The number of hydrogen-bond acceptors (Lipinski definition) is 3. The third-order valence-corrected chi connectivity index (χ3v) is 1.74. The van der Waals surface area contributed by atoms with Crippen molar-refractivity contribution in [2.24, 2.45) is 5.92 Å². The van der Waals surface area contributed by atoms with Crippen molar-refractivity contribution in [3.8, 4) is 11.8 Å². The van der Waals surface area contributed by atoms with Gasteiger partial charge in [-0.25, -0.2) is 0 Å². The molecule has 0 fully saturated rings. The van der Waals surface area contributed by atoms with E-state index in [1.165, 1.54) is 0 Å². The Bertz CT molecular complexity index is 194. The molecule has 0 spiro atoms. The van der Waals surface area contributed by atoms with Gasteiger partial charge in [0.25, 0.3) is 0 Å². The quantitative estimate of drug-likeness (QED) is 0.467. The van der Waals surface area contributed by atoms with Crippen LogP contribution >= 0.6 is 0 Å². The average Bonchev–Trinajstić information content (AvgIpc) is 2.17. The maximum Gasteiger partial charge on any atom is 0.0897 e. The zero-order valence-corrected chi connectivity index (χ0v) is 10.0. The van der Waals surface area contributed by atoms with Crippen LogP contribution in [-0.4, -0.2) is 37.5 Å². The minimum Gasteiger partial charge on any atom is -0.389 e. The first-order chi connectivity index (χ1) is 7.16. The van der Waals surface area contributed by atoms with E-state index in [1.807, 2.05) is 6.92 Å². The minimum absolute atomic E-state index is 0.407. The van der Waals surface area contributed by atoms with Crippen molar-refractivity contribution < 1.29 is 9.84 Å². The summed E-state index contributed by atoms with van der Waals surface area (Å²) in [6, 6.07) is 0. The summed E-state index contributed by atoms with van der Waals surface area (Å²) in [6.07, 6.45) is 0.411. The largest absolute Gasteiger partial charge is 0.389 e. The van der Waals surface area contributed by atoms with Gasteiger partial charge in [0.05, 0.1) is 12.7 Å². The Morgan fingerprint density at radius 2 is 2.07 bits per heavy atom. The zero-order chi connectivity index (χ0) is 11.5. The molecule has 3 heteroatoms. The summed E-state index contributed by atoms with van der Waals surface area (Å²) in [7, 11) is 0. The lowest BCUT2D eigenvalue weighted by Crippen LogP contribution is -2.31. The monoisotopic (exact) mass is 213 g/mol. The van der Waals surface area contributed by atoms with Crippen LogP contribution in [-0.2, 0) is 4.74 Å². The van der Waals surface area contributed by atoms with Crippen molar-refractivity contribution in [2.75, 3.05) is 26.3 Å². The van der Waals surface area contributed by atoms with Gasteiger partial charge >= 0.3 is 0 Å². The van der Waals surface area contributed by atoms with Gasteiger partial charge in [0, 0.05) is 26.1 Å². The first-order valence-electron chi connectivity index (χ1n) is 5.53. The summed E-state index contributed by atoms with van der Waals surface area (Å²) in [5, 5.41) is 12.6. The number of rotatable bonds is 8. The van der Waals surface area contributed by atoms with Crippen molar-refractivity contribution in [1.29, 1.82) is 0 Å². The lowest BCUT2D eigenvalue weighted by Gasteiger charge is -2.12. The summed E-state index contributed by atoms with van der Waals surface area (Å²) in [6.45, 7) is 8.52. The van der Waals surface area contributed by atoms with Gasteiger partial charge in [0.1, 0.15) is 0 Å². The smallest absolute Gasteiger partial charge is 0.0897 e. The molecule has 0 rings (SSSR count). The Labute approximate surface area is 93.2 Å². The molecule has 0 bridgehead atoms. The fourth-order valence-corrected chi connectivity index (χ4v) is 1.04. The van der Waals surface area contributed by atoms with Crippen LogP contribution in [0, 0.1) is 17.8 Å². The summed E-state index contributed by atoms with van der Waals surface area (Å²) >= 11 is 0. The summed E-state index contributed by atoms with van der Waals surface area (Å²) in [5.74, 6) is 6.30. The van der Waals surface area contributed by atoms with Crippen LogP contribution in [0.5, 0.6) is 0 Å². The molecule has 1 unspecified atom stereocenters. The molecule has 0 aliphatic carbocycles. The van der Waals surface area contributed by atoms with E-state index < -0.39 is 6.10 Å². The van der Waals surface area contributed by atoms with E-state index in [-0.39, 0.29) is 0 Å². The van der Waals surface area contributed by atoms with E-state index in [9.17, 15) is 5.11 Å². The maximum absolute atomic E-state index is 9.50. The third kappa shape index (κ3) is 11.4. The van der Waals surface area contributed by atoms with Crippen molar-refractivity contribution in [3.05, 3.63) is 0 Å². The highest BCUT2D eigenvalue weighted by molar-refractivity contribution is 4.95. The van der Waals surface area contributed by atoms with Gasteiger partial charge in [-0.1, -0.05) is 13.8 Å². The van der Waals surface area contributed by atoms with E-state index in [0.717, 1.165) is 13.0 Å². The van der Waals surface area contributed by atoms with Gasteiger partial charge < -0.3 is 15.2 Å². The molecule has 0 aliphatic rings. The molecule has 15 heavy (non-hydrogen) atoms. The molecular formula is C12H23NO2. The number of hydrogen-bond donors (Lipinski definition) is 2. The first-order valence-corrected chi connectivity index (χ1v) is 5.53. The fourth-order valence-electron chi connectivity index (χ4n) is 1.04. The second-order valence-electron chi connectivity index (χ2n) is 3.97. The minimum atomic E-state index is -0.418. The van der Waals surface area contributed by atoms with E-state index in [4.69, 9.17) is 4.74 Å². The molecular weight excluding hydrogens is 190 g/mol. The van der Waals surface area contributed by atoms with Gasteiger partial charge in [0.15, 0.2) is 0 Å². The Morgan fingerprint density at radius 1 is 1.33 bits per heavy atom. The number of aliphatic hydroxyl groups excluding tert-OH is 1. The van der Waals surface area contributed by atoms with Crippen molar-refractivity contribution in [2.45, 2.75) is 33.3 Å². The molecule has 0 aliphatic heterocycles. The molecule has 0 amide bonds. The van der Waals surface area contributed by atoms with Crippen molar-refractivity contribution in [3.63, 3.8) is 0 Å². The van der Waals surface area contributed by atoms with Crippen LogP contribution in [0.1, 0.15) is 27.2 Å². The second kappa shape index (κ2) is 9.97. The van der Waals surface area contributed by atoms with Crippen LogP contribution in [0.25, 0.3) is 0 Å². The fraction of sp³-hybridized carbons (Fsp3) is 0.833. The average molecular weight is 213 g/mol. The van der Waals surface area contributed by atoms with Gasteiger partial charge in [-0.3, -0.25) is 0 Å². The maximum atomic E-state index is 9.50. The number of nitrogens with one attached hydrogen (secondary N) is 1. The van der Waals surface area contributed by atoms with Crippen LogP contribution in [0.2, 0.25) is 0 Å². The van der Waals surface area contributed by atoms with Crippen LogP contribution < -0.4 is 5.32 Å². The predicted octanol–water partition coefficient (Wildman–Crippen LogP) is 1.02. The normalized spacial score (nSPS) is 12.3. The Balaban J connectivity index is 3.24. The van der Waals surface area contributed by atoms with Gasteiger partial charge in [0.2, 0.25) is 0 Å². The highest BCUT2D eigenvalue weighted by Crippen LogP contribution is 1.93. The molecule has 0 radical (unpaired) electrons. The third-order valence-electron chi connectivity index (χ3n) is 1.74. The summed E-state index contributed by atoms with van der Waals surface area (Å²) in [5.41, 5.74) is 0. The van der Waals surface area contributed by atoms with E-state index in [2.05, 4.69) is 31.0 Å². The van der Waals surface area contributed by atoms with E-state index >= 15 is 0 Å². The molecule has 0 aromatic carbocycles. The predicted molar refractivity (Wildman–Crippen MR) is 62.6 cm³/mol. The molecule has 0 aromatic rings.